The van der Waals surface area contributed by atoms with E-state index >= 15 is 0 Å². The Morgan fingerprint density at radius 3 is 2.56 bits per heavy atom. The summed E-state index contributed by atoms with van der Waals surface area (Å²) in [6, 6.07) is 23.2. The Kier molecular flexibility index (Phi) is 6.06. The molecule has 2 unspecified atom stereocenters. The van der Waals surface area contributed by atoms with Crippen molar-refractivity contribution in [1.82, 2.24) is 9.97 Å². The van der Waals surface area contributed by atoms with Crippen molar-refractivity contribution >= 4 is 10.9 Å². The van der Waals surface area contributed by atoms with Crippen LogP contribution < -0.4 is 0 Å². The monoisotopic (exact) mass is 426 g/mol. The second kappa shape index (κ2) is 9.27. The Morgan fingerprint density at radius 1 is 0.969 bits per heavy atom. The van der Waals surface area contributed by atoms with Crippen LogP contribution in [0.15, 0.2) is 79.1 Å². The van der Waals surface area contributed by atoms with Gasteiger partial charge in [0.05, 0.1) is 12.2 Å². The van der Waals surface area contributed by atoms with Gasteiger partial charge in [-0.3, -0.25) is 4.98 Å². The first kappa shape index (κ1) is 20.9. The van der Waals surface area contributed by atoms with E-state index in [1.54, 1.807) is 0 Å². The number of hydrogen-bond donors (Lipinski definition) is 2. The first-order chi connectivity index (χ1) is 15.8. The first-order valence-corrected chi connectivity index (χ1v) is 11.5. The Balaban J connectivity index is 1.39. The normalized spacial score (nSPS) is 20.3. The number of hydrogen-bond acceptors (Lipinski definition) is 3. The SMILES string of the molecule is OCC1(OCCCc2ccccc2)Cc2c([nH]c3ccccc23)C(Cc2ccncc2)C1. The molecule has 32 heavy (non-hydrogen) atoms. The summed E-state index contributed by atoms with van der Waals surface area (Å²) in [4.78, 5) is 7.85. The third kappa shape index (κ3) is 4.34. The fourth-order valence-electron chi connectivity index (χ4n) is 5.17. The van der Waals surface area contributed by atoms with Crippen LogP contribution in [0.3, 0.4) is 0 Å². The minimum absolute atomic E-state index is 0.0319. The second-order valence-electron chi connectivity index (χ2n) is 8.98. The highest BCUT2D eigenvalue weighted by molar-refractivity contribution is 5.85. The zero-order valence-electron chi connectivity index (χ0n) is 18.3. The van der Waals surface area contributed by atoms with Gasteiger partial charge in [0.25, 0.3) is 0 Å². The maximum Gasteiger partial charge on any atom is 0.0959 e. The van der Waals surface area contributed by atoms with Crippen molar-refractivity contribution in [3.63, 3.8) is 0 Å². The lowest BCUT2D eigenvalue weighted by atomic mass is 9.74. The summed E-state index contributed by atoms with van der Waals surface area (Å²) in [5.74, 6) is 0.259. The highest BCUT2D eigenvalue weighted by atomic mass is 16.5. The largest absolute Gasteiger partial charge is 0.393 e. The molecule has 0 saturated heterocycles. The van der Waals surface area contributed by atoms with E-state index in [0.29, 0.717) is 6.61 Å². The number of aliphatic hydroxyl groups excluding tert-OH is 1. The molecule has 164 valence electrons. The van der Waals surface area contributed by atoms with Crippen LogP contribution >= 0.6 is 0 Å². The number of nitrogens with zero attached hydrogens (tertiary/aromatic N) is 1. The van der Waals surface area contributed by atoms with Gasteiger partial charge in [0.15, 0.2) is 0 Å². The molecule has 0 fully saturated rings. The number of para-hydroxylation sites is 1. The van der Waals surface area contributed by atoms with Crippen molar-refractivity contribution in [1.29, 1.82) is 0 Å². The van der Waals surface area contributed by atoms with Gasteiger partial charge in [-0.05, 0) is 60.6 Å². The Labute approximate surface area is 189 Å². The lowest BCUT2D eigenvalue weighted by Crippen LogP contribution is -2.44. The van der Waals surface area contributed by atoms with E-state index in [2.05, 4.69) is 70.6 Å². The van der Waals surface area contributed by atoms with Crippen LogP contribution in [0.1, 0.15) is 41.1 Å². The van der Waals surface area contributed by atoms with Crippen molar-refractivity contribution in [2.45, 2.75) is 43.6 Å². The standard InChI is InChI=1S/C28H30N2O2/c31-20-28(32-16-6-9-21-7-2-1-3-8-21)18-23(17-22-12-14-29-15-13-22)27-25(19-28)24-10-4-5-11-26(24)30-27/h1-5,7-8,10-15,23,30-31H,6,9,16-20H2. The number of ether oxygens (including phenoxy) is 1. The number of rotatable bonds is 8. The van der Waals surface area contributed by atoms with E-state index in [0.717, 1.165) is 37.6 Å². The van der Waals surface area contributed by atoms with E-state index in [9.17, 15) is 5.11 Å². The van der Waals surface area contributed by atoms with Gasteiger partial charge in [-0.1, -0.05) is 48.5 Å². The summed E-state index contributed by atoms with van der Waals surface area (Å²) in [6.07, 6.45) is 8.07. The zero-order chi connectivity index (χ0) is 21.8. The lowest BCUT2D eigenvalue weighted by Gasteiger charge is -2.40. The fraction of sp³-hybridized carbons (Fsp3) is 0.321. The molecule has 4 nitrogen and oxygen atoms in total. The Morgan fingerprint density at radius 2 is 1.75 bits per heavy atom. The average Bonchev–Trinajstić information content (AvgIpc) is 3.22. The number of aryl methyl sites for hydroxylation is 1. The Bertz CT molecular complexity index is 1160. The molecular weight excluding hydrogens is 396 g/mol. The van der Waals surface area contributed by atoms with Gasteiger partial charge in [0.1, 0.15) is 0 Å². The molecule has 0 aliphatic heterocycles. The van der Waals surface area contributed by atoms with E-state index in [1.165, 1.54) is 27.8 Å². The molecule has 0 amide bonds. The highest BCUT2D eigenvalue weighted by Gasteiger charge is 2.41. The van der Waals surface area contributed by atoms with Crippen molar-refractivity contribution < 1.29 is 9.84 Å². The van der Waals surface area contributed by atoms with Crippen LogP contribution in [-0.4, -0.2) is 33.9 Å². The summed E-state index contributed by atoms with van der Waals surface area (Å²) in [5.41, 5.74) is 5.78. The van der Waals surface area contributed by atoms with Gasteiger partial charge < -0.3 is 14.8 Å². The van der Waals surface area contributed by atoms with Crippen LogP contribution in [-0.2, 0) is 24.0 Å². The van der Waals surface area contributed by atoms with Crippen LogP contribution in [0.25, 0.3) is 10.9 Å². The van der Waals surface area contributed by atoms with Crippen molar-refractivity contribution in [2.75, 3.05) is 13.2 Å². The smallest absolute Gasteiger partial charge is 0.0959 e. The molecule has 2 heterocycles. The lowest BCUT2D eigenvalue weighted by molar-refractivity contribution is -0.0930. The van der Waals surface area contributed by atoms with Crippen molar-refractivity contribution in [2.24, 2.45) is 0 Å². The maximum atomic E-state index is 10.5. The van der Waals surface area contributed by atoms with Gasteiger partial charge >= 0.3 is 0 Å². The van der Waals surface area contributed by atoms with Gasteiger partial charge in [0, 0.05) is 47.9 Å². The Hall–Kier alpha value is -2.95. The summed E-state index contributed by atoms with van der Waals surface area (Å²) < 4.78 is 6.51. The van der Waals surface area contributed by atoms with Gasteiger partial charge in [0.2, 0.25) is 0 Å². The molecule has 0 bridgehead atoms. The van der Waals surface area contributed by atoms with E-state index in [-0.39, 0.29) is 12.5 Å². The summed E-state index contributed by atoms with van der Waals surface area (Å²) in [5, 5.41) is 11.8. The molecule has 0 saturated carbocycles. The van der Waals surface area contributed by atoms with Crippen LogP contribution in [0.5, 0.6) is 0 Å². The zero-order valence-corrected chi connectivity index (χ0v) is 18.3. The molecule has 1 aliphatic rings. The number of benzene rings is 2. The van der Waals surface area contributed by atoms with Crippen LogP contribution in [0.2, 0.25) is 0 Å². The average molecular weight is 427 g/mol. The number of aliphatic hydroxyl groups is 1. The summed E-state index contributed by atoms with van der Waals surface area (Å²) in [6.45, 7) is 0.680. The molecule has 2 atom stereocenters. The molecule has 4 heteroatoms. The molecule has 0 spiro atoms. The summed E-state index contributed by atoms with van der Waals surface area (Å²) in [7, 11) is 0. The van der Waals surface area contributed by atoms with Gasteiger partial charge in [-0.15, -0.1) is 0 Å². The number of pyridine rings is 1. The highest BCUT2D eigenvalue weighted by Crippen LogP contribution is 2.43. The quantitative estimate of drug-likeness (QED) is 0.380. The second-order valence-corrected chi connectivity index (χ2v) is 8.98. The number of nitrogens with one attached hydrogen (secondary N) is 1. The molecular formula is C28H30N2O2. The van der Waals surface area contributed by atoms with Crippen molar-refractivity contribution in [3.05, 3.63) is 102 Å². The van der Waals surface area contributed by atoms with E-state index in [1.807, 2.05) is 18.5 Å². The van der Waals surface area contributed by atoms with Gasteiger partial charge in [-0.25, -0.2) is 0 Å². The fourth-order valence-corrected chi connectivity index (χ4v) is 5.17. The van der Waals surface area contributed by atoms with Gasteiger partial charge in [-0.2, -0.15) is 0 Å². The minimum Gasteiger partial charge on any atom is -0.393 e. The topological polar surface area (TPSA) is 58.1 Å². The molecule has 1 aliphatic carbocycles. The number of H-pyrrole nitrogens is 1. The van der Waals surface area contributed by atoms with E-state index in [4.69, 9.17) is 4.74 Å². The molecule has 2 N–H and O–H groups in total. The number of aromatic nitrogens is 2. The number of fused-ring (bicyclic) bond motifs is 3. The predicted molar refractivity (Wildman–Crippen MR) is 128 cm³/mol. The maximum absolute atomic E-state index is 10.5. The molecule has 2 aromatic heterocycles. The number of aromatic amines is 1. The van der Waals surface area contributed by atoms with E-state index < -0.39 is 5.60 Å². The third-order valence-electron chi connectivity index (χ3n) is 6.75. The molecule has 2 aromatic carbocycles. The predicted octanol–water partition coefficient (Wildman–Crippen LogP) is 5.22. The molecule has 0 radical (unpaired) electrons. The van der Waals surface area contributed by atoms with Crippen LogP contribution in [0.4, 0.5) is 0 Å². The van der Waals surface area contributed by atoms with Crippen molar-refractivity contribution in [3.8, 4) is 0 Å². The minimum atomic E-state index is -0.549. The third-order valence-corrected chi connectivity index (χ3v) is 6.75. The van der Waals surface area contributed by atoms with Crippen LogP contribution in [0, 0.1) is 0 Å². The summed E-state index contributed by atoms with van der Waals surface area (Å²) >= 11 is 0. The molecule has 5 rings (SSSR count). The first-order valence-electron chi connectivity index (χ1n) is 11.5. The molecule has 4 aromatic rings.